The fraction of sp³-hybridized carbons (Fsp3) is 0.167. The largest absolute Gasteiger partial charge is 0.465 e. The Morgan fingerprint density at radius 2 is 2.44 bits per heavy atom. The zero-order chi connectivity index (χ0) is 13.0. The van der Waals surface area contributed by atoms with Crippen LogP contribution in [0.1, 0.15) is 15.2 Å². The number of nitrogens with one attached hydrogen (secondary N) is 1. The van der Waals surface area contributed by atoms with E-state index >= 15 is 0 Å². The summed E-state index contributed by atoms with van der Waals surface area (Å²) >= 11 is 1.63. The Balaban J connectivity index is 2.18. The highest BCUT2D eigenvalue weighted by Crippen LogP contribution is 2.18. The van der Waals surface area contributed by atoms with E-state index in [4.69, 9.17) is 10.5 Å². The highest BCUT2D eigenvalue weighted by molar-refractivity contribution is 7.09. The van der Waals surface area contributed by atoms with Gasteiger partial charge in [-0.05, 0) is 17.5 Å². The second-order valence-electron chi connectivity index (χ2n) is 3.59. The molecule has 0 spiro atoms. The Morgan fingerprint density at radius 1 is 1.61 bits per heavy atom. The standard InChI is InChI=1S/C12H13N3O2S/c1-17-12(16)10-5-8(13)6-14-11(10)15-7-9-3-2-4-18-9/h2-6H,7,13H2,1H3,(H,14,15). The van der Waals surface area contributed by atoms with Crippen LogP contribution in [0.3, 0.4) is 0 Å². The summed E-state index contributed by atoms with van der Waals surface area (Å²) < 4.78 is 4.70. The molecule has 2 rings (SSSR count). The molecule has 0 radical (unpaired) electrons. The van der Waals surface area contributed by atoms with Gasteiger partial charge in [0.05, 0.1) is 25.5 Å². The van der Waals surface area contributed by atoms with Gasteiger partial charge in [-0.15, -0.1) is 11.3 Å². The zero-order valence-electron chi connectivity index (χ0n) is 9.84. The quantitative estimate of drug-likeness (QED) is 0.826. The molecule has 0 atom stereocenters. The van der Waals surface area contributed by atoms with Crippen LogP contribution in [0.2, 0.25) is 0 Å². The highest BCUT2D eigenvalue weighted by atomic mass is 32.1. The molecule has 2 heterocycles. The minimum Gasteiger partial charge on any atom is -0.465 e. The van der Waals surface area contributed by atoms with E-state index < -0.39 is 5.97 Å². The van der Waals surface area contributed by atoms with Crippen LogP contribution in [0.5, 0.6) is 0 Å². The number of nitrogen functional groups attached to an aromatic ring is 1. The van der Waals surface area contributed by atoms with Gasteiger partial charge >= 0.3 is 5.97 Å². The zero-order valence-corrected chi connectivity index (χ0v) is 10.7. The van der Waals surface area contributed by atoms with Crippen molar-refractivity contribution < 1.29 is 9.53 Å². The number of nitrogens with zero attached hydrogens (tertiary/aromatic N) is 1. The number of anilines is 2. The Morgan fingerprint density at radius 3 is 3.11 bits per heavy atom. The molecule has 18 heavy (non-hydrogen) atoms. The van der Waals surface area contributed by atoms with Crippen LogP contribution in [-0.4, -0.2) is 18.1 Å². The molecule has 0 aromatic carbocycles. The third-order valence-electron chi connectivity index (χ3n) is 2.32. The summed E-state index contributed by atoms with van der Waals surface area (Å²) in [7, 11) is 1.33. The third kappa shape index (κ3) is 2.78. The molecule has 0 unspecified atom stereocenters. The van der Waals surface area contributed by atoms with Gasteiger partial charge in [-0.2, -0.15) is 0 Å². The molecule has 2 aromatic rings. The van der Waals surface area contributed by atoms with Gasteiger partial charge in [-0.25, -0.2) is 9.78 Å². The maximum absolute atomic E-state index is 11.6. The highest BCUT2D eigenvalue weighted by Gasteiger charge is 2.13. The smallest absolute Gasteiger partial charge is 0.341 e. The van der Waals surface area contributed by atoms with Gasteiger partial charge in [0.1, 0.15) is 11.4 Å². The fourth-order valence-corrected chi connectivity index (χ4v) is 2.12. The molecule has 2 aromatic heterocycles. The number of carbonyl (C=O) groups excluding carboxylic acids is 1. The van der Waals surface area contributed by atoms with Crippen molar-refractivity contribution in [3.63, 3.8) is 0 Å². The molecule has 0 aliphatic rings. The maximum atomic E-state index is 11.6. The predicted molar refractivity (Wildman–Crippen MR) is 71.6 cm³/mol. The monoisotopic (exact) mass is 263 g/mol. The summed E-state index contributed by atoms with van der Waals surface area (Å²) in [5.41, 5.74) is 6.38. The van der Waals surface area contributed by atoms with Crippen molar-refractivity contribution in [3.05, 3.63) is 40.2 Å². The van der Waals surface area contributed by atoms with Gasteiger partial charge in [0.2, 0.25) is 0 Å². The number of rotatable bonds is 4. The minimum atomic E-state index is -0.455. The van der Waals surface area contributed by atoms with Crippen molar-refractivity contribution in [2.45, 2.75) is 6.54 Å². The van der Waals surface area contributed by atoms with Crippen LogP contribution >= 0.6 is 11.3 Å². The first kappa shape index (κ1) is 12.4. The number of hydrogen-bond acceptors (Lipinski definition) is 6. The molecular weight excluding hydrogens is 250 g/mol. The second kappa shape index (κ2) is 5.50. The van der Waals surface area contributed by atoms with E-state index in [1.807, 2.05) is 17.5 Å². The first-order valence-electron chi connectivity index (χ1n) is 5.31. The van der Waals surface area contributed by atoms with Crippen molar-refractivity contribution >= 4 is 28.8 Å². The van der Waals surface area contributed by atoms with Crippen molar-refractivity contribution in [3.8, 4) is 0 Å². The summed E-state index contributed by atoms with van der Waals surface area (Å²) in [6, 6.07) is 5.53. The lowest BCUT2D eigenvalue weighted by Gasteiger charge is -2.09. The van der Waals surface area contributed by atoms with E-state index in [9.17, 15) is 4.79 Å². The molecule has 5 nitrogen and oxygen atoms in total. The van der Waals surface area contributed by atoms with Crippen LogP contribution in [0.15, 0.2) is 29.8 Å². The van der Waals surface area contributed by atoms with E-state index in [0.717, 1.165) is 4.88 Å². The Kier molecular flexibility index (Phi) is 3.78. The van der Waals surface area contributed by atoms with E-state index in [0.29, 0.717) is 23.6 Å². The first-order chi connectivity index (χ1) is 8.70. The van der Waals surface area contributed by atoms with Crippen LogP contribution < -0.4 is 11.1 Å². The second-order valence-corrected chi connectivity index (χ2v) is 4.62. The molecule has 94 valence electrons. The number of nitrogens with two attached hydrogens (primary N) is 1. The van der Waals surface area contributed by atoms with Crippen LogP contribution in [0.4, 0.5) is 11.5 Å². The van der Waals surface area contributed by atoms with E-state index in [1.165, 1.54) is 13.3 Å². The average molecular weight is 263 g/mol. The SMILES string of the molecule is COC(=O)c1cc(N)cnc1NCc1cccs1. The summed E-state index contributed by atoms with van der Waals surface area (Å²) in [6.07, 6.45) is 1.50. The number of pyridine rings is 1. The van der Waals surface area contributed by atoms with Crippen molar-refractivity contribution in [2.24, 2.45) is 0 Å². The normalized spacial score (nSPS) is 10.1. The van der Waals surface area contributed by atoms with Gasteiger partial charge in [-0.1, -0.05) is 6.07 Å². The van der Waals surface area contributed by atoms with Gasteiger partial charge in [-0.3, -0.25) is 0 Å². The molecule has 3 N–H and O–H groups in total. The summed E-state index contributed by atoms with van der Waals surface area (Å²) in [4.78, 5) is 16.9. The van der Waals surface area contributed by atoms with Crippen LogP contribution in [0.25, 0.3) is 0 Å². The number of aromatic nitrogens is 1. The van der Waals surface area contributed by atoms with Gasteiger partial charge < -0.3 is 15.8 Å². The fourth-order valence-electron chi connectivity index (χ4n) is 1.47. The molecule has 0 fully saturated rings. The first-order valence-corrected chi connectivity index (χ1v) is 6.18. The Labute approximate surface area is 109 Å². The van der Waals surface area contributed by atoms with Gasteiger partial charge in [0, 0.05) is 4.88 Å². The minimum absolute atomic E-state index is 0.342. The summed E-state index contributed by atoms with van der Waals surface area (Å²) in [5.74, 6) is 0.0212. The molecule has 0 aliphatic carbocycles. The number of hydrogen-bond donors (Lipinski definition) is 2. The van der Waals surface area contributed by atoms with Crippen molar-refractivity contribution in [1.29, 1.82) is 0 Å². The Hall–Kier alpha value is -2.08. The maximum Gasteiger partial charge on any atom is 0.341 e. The van der Waals surface area contributed by atoms with Gasteiger partial charge in [0.15, 0.2) is 0 Å². The number of esters is 1. The number of thiophene rings is 1. The topological polar surface area (TPSA) is 77.2 Å². The van der Waals surface area contributed by atoms with Crippen LogP contribution in [0, 0.1) is 0 Å². The van der Waals surface area contributed by atoms with Crippen LogP contribution in [-0.2, 0) is 11.3 Å². The number of methoxy groups -OCH3 is 1. The lowest BCUT2D eigenvalue weighted by atomic mass is 10.2. The molecule has 0 saturated carbocycles. The van der Waals surface area contributed by atoms with E-state index in [2.05, 4.69) is 10.3 Å². The summed E-state index contributed by atoms with van der Waals surface area (Å²) in [6.45, 7) is 0.610. The van der Waals surface area contributed by atoms with E-state index in [1.54, 1.807) is 17.4 Å². The molecule has 0 bridgehead atoms. The number of ether oxygens (including phenoxy) is 1. The lowest BCUT2D eigenvalue weighted by Crippen LogP contribution is -2.10. The molecule has 0 aliphatic heterocycles. The Bertz CT molecular complexity index is 540. The van der Waals surface area contributed by atoms with E-state index in [-0.39, 0.29) is 0 Å². The third-order valence-corrected chi connectivity index (χ3v) is 3.20. The summed E-state index contributed by atoms with van der Waals surface area (Å²) in [5, 5.41) is 5.10. The molecular formula is C12H13N3O2S. The molecule has 0 saturated heterocycles. The lowest BCUT2D eigenvalue weighted by molar-refractivity contribution is 0.0601. The molecule has 0 amide bonds. The van der Waals surface area contributed by atoms with Gasteiger partial charge in [0.25, 0.3) is 0 Å². The predicted octanol–water partition coefficient (Wildman–Crippen LogP) is 2.12. The van der Waals surface area contributed by atoms with Crippen molar-refractivity contribution in [1.82, 2.24) is 4.98 Å². The average Bonchev–Trinajstić information content (AvgIpc) is 2.89. The number of carbonyl (C=O) groups is 1. The molecule has 6 heteroatoms. The van der Waals surface area contributed by atoms with Crippen molar-refractivity contribution in [2.75, 3.05) is 18.2 Å².